The van der Waals surface area contributed by atoms with Crippen molar-refractivity contribution in [3.63, 3.8) is 0 Å². The molecule has 0 aliphatic carbocycles. The molecule has 1 aromatic carbocycles. The van der Waals surface area contributed by atoms with Crippen molar-refractivity contribution < 1.29 is 14.0 Å². The average molecular weight is 369 g/mol. The van der Waals surface area contributed by atoms with E-state index >= 15 is 0 Å². The van der Waals surface area contributed by atoms with Crippen LogP contribution < -0.4 is 10.6 Å². The Morgan fingerprint density at radius 2 is 2.04 bits per heavy atom. The third kappa shape index (κ3) is 5.28. The van der Waals surface area contributed by atoms with Crippen molar-refractivity contribution in [3.8, 4) is 0 Å². The number of furan rings is 1. The van der Waals surface area contributed by atoms with Gasteiger partial charge >= 0.3 is 0 Å². The quantitative estimate of drug-likeness (QED) is 0.726. The number of carbonyl (C=O) groups excluding carboxylic acids is 2. The molecule has 7 heteroatoms. The molecule has 2 N–H and O–H groups in total. The molecule has 2 aromatic rings. The van der Waals surface area contributed by atoms with Crippen LogP contribution >= 0.6 is 23.2 Å². The maximum absolute atomic E-state index is 12.0. The molecule has 0 fully saturated rings. The van der Waals surface area contributed by atoms with E-state index in [2.05, 4.69) is 10.6 Å². The zero-order valence-corrected chi connectivity index (χ0v) is 14.7. The first-order valence-corrected chi connectivity index (χ1v) is 8.29. The molecule has 0 aliphatic heterocycles. The zero-order valence-electron chi connectivity index (χ0n) is 13.1. The molecule has 0 spiro atoms. The molecule has 128 valence electrons. The lowest BCUT2D eigenvalue weighted by molar-refractivity contribution is -0.121. The number of nitrogens with one attached hydrogen (secondary N) is 2. The third-order valence-electron chi connectivity index (χ3n) is 3.42. The fourth-order valence-corrected chi connectivity index (χ4v) is 2.76. The van der Waals surface area contributed by atoms with Gasteiger partial charge in [-0.05, 0) is 43.2 Å². The standard InChI is InChI=1S/C17H18Cl2N2O3/c1-11(13-7-6-12(18)10-14(13)19)21-16(22)5-2-8-20-17(23)15-4-3-9-24-15/h3-4,6-7,9-11H,2,5,8H2,1H3,(H,20,23)(H,21,22). The number of rotatable bonds is 7. The van der Waals surface area contributed by atoms with E-state index in [1.165, 1.54) is 6.26 Å². The molecule has 0 radical (unpaired) electrons. The largest absolute Gasteiger partial charge is 0.459 e. The van der Waals surface area contributed by atoms with Crippen LogP contribution in [-0.2, 0) is 4.79 Å². The highest BCUT2D eigenvalue weighted by atomic mass is 35.5. The van der Waals surface area contributed by atoms with Gasteiger partial charge in [0.25, 0.3) is 5.91 Å². The van der Waals surface area contributed by atoms with Gasteiger partial charge in [-0.2, -0.15) is 0 Å². The Morgan fingerprint density at radius 3 is 2.71 bits per heavy atom. The predicted molar refractivity (Wildman–Crippen MR) is 93.3 cm³/mol. The lowest BCUT2D eigenvalue weighted by atomic mass is 10.1. The van der Waals surface area contributed by atoms with Gasteiger partial charge in [0.15, 0.2) is 5.76 Å². The Kier molecular flexibility index (Phi) is 6.70. The second-order valence-electron chi connectivity index (χ2n) is 5.29. The van der Waals surface area contributed by atoms with Crippen LogP contribution in [0.3, 0.4) is 0 Å². The topological polar surface area (TPSA) is 71.3 Å². The van der Waals surface area contributed by atoms with Crippen molar-refractivity contribution >= 4 is 35.0 Å². The molecule has 1 unspecified atom stereocenters. The molecule has 0 aliphatic rings. The normalized spacial score (nSPS) is 11.8. The van der Waals surface area contributed by atoms with Crippen LogP contribution in [0.5, 0.6) is 0 Å². The summed E-state index contributed by atoms with van der Waals surface area (Å²) in [5, 5.41) is 6.63. The Labute approximate surface area is 150 Å². The Bertz CT molecular complexity index is 702. The molecule has 0 saturated carbocycles. The van der Waals surface area contributed by atoms with E-state index in [9.17, 15) is 9.59 Å². The highest BCUT2D eigenvalue weighted by Crippen LogP contribution is 2.26. The first-order valence-electron chi connectivity index (χ1n) is 7.53. The van der Waals surface area contributed by atoms with Crippen molar-refractivity contribution in [1.82, 2.24) is 10.6 Å². The molecule has 5 nitrogen and oxygen atoms in total. The van der Waals surface area contributed by atoms with Crippen molar-refractivity contribution in [2.45, 2.75) is 25.8 Å². The van der Waals surface area contributed by atoms with Crippen molar-refractivity contribution in [2.75, 3.05) is 6.54 Å². The van der Waals surface area contributed by atoms with Crippen LogP contribution in [0, 0.1) is 0 Å². The van der Waals surface area contributed by atoms with Gasteiger partial charge in [0.1, 0.15) is 0 Å². The molecule has 1 heterocycles. The van der Waals surface area contributed by atoms with Crippen LogP contribution in [-0.4, -0.2) is 18.4 Å². The van der Waals surface area contributed by atoms with Gasteiger partial charge in [-0.15, -0.1) is 0 Å². The van der Waals surface area contributed by atoms with Gasteiger partial charge in [0, 0.05) is 23.0 Å². The molecular formula is C17H18Cl2N2O3. The summed E-state index contributed by atoms with van der Waals surface area (Å²) < 4.78 is 4.98. The van der Waals surface area contributed by atoms with E-state index in [0.29, 0.717) is 29.4 Å². The molecule has 2 amide bonds. The number of hydrogen-bond acceptors (Lipinski definition) is 3. The first-order chi connectivity index (χ1) is 11.5. The van der Waals surface area contributed by atoms with Crippen LogP contribution in [0.2, 0.25) is 10.0 Å². The fraction of sp³-hybridized carbons (Fsp3) is 0.294. The van der Waals surface area contributed by atoms with Crippen molar-refractivity contribution in [1.29, 1.82) is 0 Å². The van der Waals surface area contributed by atoms with Gasteiger partial charge in [-0.3, -0.25) is 9.59 Å². The second-order valence-corrected chi connectivity index (χ2v) is 6.14. The minimum atomic E-state index is -0.290. The Balaban J connectivity index is 1.72. The number of amides is 2. The van der Waals surface area contributed by atoms with Gasteiger partial charge in [-0.1, -0.05) is 29.3 Å². The smallest absolute Gasteiger partial charge is 0.286 e. The molecule has 0 saturated heterocycles. The summed E-state index contributed by atoms with van der Waals surface area (Å²) in [6.45, 7) is 2.24. The van der Waals surface area contributed by atoms with Gasteiger partial charge in [0.05, 0.1) is 12.3 Å². The molecule has 24 heavy (non-hydrogen) atoms. The first kappa shape index (κ1) is 18.4. The SMILES string of the molecule is CC(NC(=O)CCCNC(=O)c1ccco1)c1ccc(Cl)cc1Cl. The Hall–Kier alpha value is -1.98. The molecule has 1 atom stereocenters. The molecular weight excluding hydrogens is 351 g/mol. The van der Waals surface area contributed by atoms with E-state index in [4.69, 9.17) is 27.6 Å². The van der Waals surface area contributed by atoms with Gasteiger partial charge < -0.3 is 15.1 Å². The van der Waals surface area contributed by atoms with Crippen molar-refractivity contribution in [3.05, 3.63) is 58.0 Å². The summed E-state index contributed by atoms with van der Waals surface area (Å²) in [4.78, 5) is 23.6. The maximum atomic E-state index is 12.0. The van der Waals surface area contributed by atoms with Crippen LogP contribution in [0.4, 0.5) is 0 Å². The number of carbonyl (C=O) groups is 2. The van der Waals surface area contributed by atoms with Gasteiger partial charge in [-0.25, -0.2) is 0 Å². The Morgan fingerprint density at radius 1 is 1.25 bits per heavy atom. The summed E-state index contributed by atoms with van der Waals surface area (Å²) in [5.41, 5.74) is 0.806. The average Bonchev–Trinajstić information content (AvgIpc) is 3.05. The van der Waals surface area contributed by atoms with E-state index in [-0.39, 0.29) is 23.6 Å². The van der Waals surface area contributed by atoms with E-state index in [0.717, 1.165) is 5.56 Å². The van der Waals surface area contributed by atoms with Crippen LogP contribution in [0.25, 0.3) is 0 Å². The summed E-state index contributed by atoms with van der Waals surface area (Å²) >= 11 is 12.0. The van der Waals surface area contributed by atoms with Gasteiger partial charge in [0.2, 0.25) is 5.91 Å². The van der Waals surface area contributed by atoms with Crippen LogP contribution in [0.1, 0.15) is 41.9 Å². The third-order valence-corrected chi connectivity index (χ3v) is 3.98. The molecule has 0 bridgehead atoms. The lowest BCUT2D eigenvalue weighted by Crippen LogP contribution is -2.29. The lowest BCUT2D eigenvalue weighted by Gasteiger charge is -2.16. The minimum absolute atomic E-state index is 0.110. The monoisotopic (exact) mass is 368 g/mol. The summed E-state index contributed by atoms with van der Waals surface area (Å²) in [5.74, 6) is -0.145. The molecule has 1 aromatic heterocycles. The van der Waals surface area contributed by atoms with E-state index < -0.39 is 0 Å². The number of hydrogen-bond donors (Lipinski definition) is 2. The van der Waals surface area contributed by atoms with Crippen LogP contribution in [0.15, 0.2) is 41.0 Å². The second kappa shape index (κ2) is 8.76. The summed E-state index contributed by atoms with van der Waals surface area (Å²) in [7, 11) is 0. The zero-order chi connectivity index (χ0) is 17.5. The highest BCUT2D eigenvalue weighted by molar-refractivity contribution is 6.35. The maximum Gasteiger partial charge on any atom is 0.286 e. The summed E-state index contributed by atoms with van der Waals surface area (Å²) in [6.07, 6.45) is 2.26. The number of benzene rings is 1. The molecule has 2 rings (SSSR count). The fourth-order valence-electron chi connectivity index (χ4n) is 2.19. The number of halogens is 2. The van der Waals surface area contributed by atoms with E-state index in [1.807, 2.05) is 6.92 Å². The predicted octanol–water partition coefficient (Wildman–Crippen LogP) is 3.97. The summed E-state index contributed by atoms with van der Waals surface area (Å²) in [6, 6.07) is 8.17. The van der Waals surface area contributed by atoms with E-state index in [1.54, 1.807) is 30.3 Å². The van der Waals surface area contributed by atoms with Crippen molar-refractivity contribution in [2.24, 2.45) is 0 Å². The minimum Gasteiger partial charge on any atom is -0.459 e. The highest BCUT2D eigenvalue weighted by Gasteiger charge is 2.13.